The van der Waals surface area contributed by atoms with Crippen molar-refractivity contribution in [1.29, 1.82) is 0 Å². The largest absolute Gasteiger partial charge is 0.484 e. The zero-order valence-electron chi connectivity index (χ0n) is 16.2. The summed E-state index contributed by atoms with van der Waals surface area (Å²) < 4.78 is 5.60. The molecule has 0 aliphatic carbocycles. The Balaban J connectivity index is 1.52. The van der Waals surface area contributed by atoms with Crippen LogP contribution in [0.5, 0.6) is 5.75 Å². The van der Waals surface area contributed by atoms with Crippen molar-refractivity contribution >= 4 is 11.8 Å². The van der Waals surface area contributed by atoms with Crippen LogP contribution >= 0.6 is 0 Å². The molecule has 1 saturated heterocycles. The number of rotatable bonds is 4. The van der Waals surface area contributed by atoms with Gasteiger partial charge in [0.2, 0.25) is 0 Å². The molecule has 1 heterocycles. The second kappa shape index (κ2) is 8.25. The van der Waals surface area contributed by atoms with Crippen molar-refractivity contribution in [2.75, 3.05) is 32.8 Å². The van der Waals surface area contributed by atoms with Gasteiger partial charge in [-0.1, -0.05) is 29.8 Å². The molecule has 5 nitrogen and oxygen atoms in total. The summed E-state index contributed by atoms with van der Waals surface area (Å²) in [6.45, 7) is 8.15. The highest BCUT2D eigenvalue weighted by Crippen LogP contribution is 2.16. The van der Waals surface area contributed by atoms with Crippen LogP contribution in [0.15, 0.2) is 42.5 Å². The van der Waals surface area contributed by atoms with Crippen molar-refractivity contribution in [1.82, 2.24) is 9.80 Å². The summed E-state index contributed by atoms with van der Waals surface area (Å²) in [4.78, 5) is 28.7. The molecule has 0 spiro atoms. The highest BCUT2D eigenvalue weighted by molar-refractivity contribution is 5.96. The van der Waals surface area contributed by atoms with Gasteiger partial charge in [-0.3, -0.25) is 9.59 Å². The molecule has 0 radical (unpaired) electrons. The van der Waals surface area contributed by atoms with Crippen LogP contribution in [0.1, 0.15) is 27.0 Å². The molecule has 0 unspecified atom stereocenters. The predicted molar refractivity (Wildman–Crippen MR) is 105 cm³/mol. The molecular weight excluding hydrogens is 340 g/mol. The number of nitrogens with zero attached hydrogens (tertiary/aromatic N) is 2. The first kappa shape index (κ1) is 19.0. The first-order chi connectivity index (χ1) is 12.9. The fourth-order valence-corrected chi connectivity index (χ4v) is 3.32. The second-order valence-corrected chi connectivity index (χ2v) is 7.10. The Morgan fingerprint density at radius 2 is 1.56 bits per heavy atom. The number of piperazine rings is 1. The third kappa shape index (κ3) is 4.67. The lowest BCUT2D eigenvalue weighted by Crippen LogP contribution is -2.51. The Bertz CT molecular complexity index is 839. The van der Waals surface area contributed by atoms with E-state index in [4.69, 9.17) is 4.74 Å². The molecular formula is C22H26N2O3. The lowest BCUT2D eigenvalue weighted by Gasteiger charge is -2.35. The maximum absolute atomic E-state index is 12.7. The van der Waals surface area contributed by atoms with Crippen molar-refractivity contribution in [3.63, 3.8) is 0 Å². The number of carbonyl (C=O) groups excluding carboxylic acids is 2. The molecule has 1 fully saturated rings. The molecule has 2 amide bonds. The van der Waals surface area contributed by atoms with Crippen molar-refractivity contribution in [3.05, 3.63) is 64.7 Å². The number of ether oxygens (including phenoxy) is 1. The fourth-order valence-electron chi connectivity index (χ4n) is 3.32. The minimum absolute atomic E-state index is 0.0223. The monoisotopic (exact) mass is 366 g/mol. The average Bonchev–Trinajstić information content (AvgIpc) is 2.66. The minimum Gasteiger partial charge on any atom is -0.484 e. The summed E-state index contributed by atoms with van der Waals surface area (Å²) in [5.41, 5.74) is 3.97. The molecule has 2 aromatic carbocycles. The van der Waals surface area contributed by atoms with Crippen LogP contribution in [-0.2, 0) is 4.79 Å². The normalized spacial score (nSPS) is 14.2. The molecule has 0 atom stereocenters. The number of benzene rings is 2. The maximum atomic E-state index is 12.7. The van der Waals surface area contributed by atoms with Crippen LogP contribution in [0.2, 0.25) is 0 Å². The molecule has 3 rings (SSSR count). The van der Waals surface area contributed by atoms with Gasteiger partial charge in [0.05, 0.1) is 0 Å². The lowest BCUT2D eigenvalue weighted by atomic mass is 10.0. The van der Waals surface area contributed by atoms with Gasteiger partial charge >= 0.3 is 0 Å². The third-order valence-electron chi connectivity index (χ3n) is 4.88. The van der Waals surface area contributed by atoms with Gasteiger partial charge in [0.15, 0.2) is 6.61 Å². The number of amides is 2. The fraction of sp³-hybridized carbons (Fsp3) is 0.364. The van der Waals surface area contributed by atoms with Crippen molar-refractivity contribution in [3.8, 4) is 5.75 Å². The third-order valence-corrected chi connectivity index (χ3v) is 4.88. The quantitative estimate of drug-likeness (QED) is 0.836. The summed E-state index contributed by atoms with van der Waals surface area (Å²) in [6.07, 6.45) is 0. The molecule has 0 aromatic heterocycles. The zero-order valence-corrected chi connectivity index (χ0v) is 16.2. The van der Waals surface area contributed by atoms with Crippen molar-refractivity contribution in [2.24, 2.45) is 0 Å². The molecule has 27 heavy (non-hydrogen) atoms. The van der Waals surface area contributed by atoms with Gasteiger partial charge in [0.1, 0.15) is 5.75 Å². The van der Waals surface area contributed by atoms with Gasteiger partial charge in [0.25, 0.3) is 11.8 Å². The van der Waals surface area contributed by atoms with E-state index in [0.29, 0.717) is 31.9 Å². The Hall–Kier alpha value is -2.82. The van der Waals surface area contributed by atoms with E-state index in [0.717, 1.165) is 22.3 Å². The predicted octanol–water partition coefficient (Wildman–Crippen LogP) is 2.98. The Labute approximate surface area is 160 Å². The first-order valence-electron chi connectivity index (χ1n) is 9.28. The highest BCUT2D eigenvalue weighted by Gasteiger charge is 2.25. The highest BCUT2D eigenvalue weighted by atomic mass is 16.5. The molecule has 0 N–H and O–H groups in total. The van der Waals surface area contributed by atoms with Crippen LogP contribution in [0.4, 0.5) is 0 Å². The van der Waals surface area contributed by atoms with Crippen LogP contribution in [0.3, 0.4) is 0 Å². The molecule has 1 aliphatic heterocycles. The molecule has 1 aliphatic rings. The topological polar surface area (TPSA) is 49.9 Å². The van der Waals surface area contributed by atoms with Crippen molar-refractivity contribution < 1.29 is 14.3 Å². The van der Waals surface area contributed by atoms with Gasteiger partial charge < -0.3 is 14.5 Å². The van der Waals surface area contributed by atoms with Gasteiger partial charge in [-0.15, -0.1) is 0 Å². The molecule has 142 valence electrons. The van der Waals surface area contributed by atoms with Crippen LogP contribution in [0.25, 0.3) is 0 Å². The second-order valence-electron chi connectivity index (χ2n) is 7.10. The Kier molecular flexibility index (Phi) is 5.79. The molecule has 2 aromatic rings. The van der Waals surface area contributed by atoms with E-state index < -0.39 is 0 Å². The van der Waals surface area contributed by atoms with Crippen LogP contribution in [0, 0.1) is 20.8 Å². The van der Waals surface area contributed by atoms with E-state index in [9.17, 15) is 9.59 Å². The Morgan fingerprint density at radius 3 is 2.22 bits per heavy atom. The van der Waals surface area contributed by atoms with E-state index in [1.165, 1.54) is 0 Å². The SMILES string of the molecule is Cc1cccc(OCC(=O)N2CCN(C(=O)c3ccc(C)cc3C)CC2)c1. The minimum atomic E-state index is -0.0462. The molecule has 5 heteroatoms. The van der Waals surface area contributed by atoms with Crippen LogP contribution in [-0.4, -0.2) is 54.4 Å². The van der Waals surface area contributed by atoms with E-state index in [-0.39, 0.29) is 18.4 Å². The summed E-state index contributed by atoms with van der Waals surface area (Å²) in [5, 5.41) is 0. The molecule has 0 saturated carbocycles. The smallest absolute Gasteiger partial charge is 0.260 e. The van der Waals surface area contributed by atoms with Gasteiger partial charge in [-0.05, 0) is 50.1 Å². The summed E-state index contributed by atoms with van der Waals surface area (Å²) in [6, 6.07) is 13.5. The summed E-state index contributed by atoms with van der Waals surface area (Å²) >= 11 is 0. The van der Waals surface area contributed by atoms with E-state index in [1.807, 2.05) is 68.1 Å². The van der Waals surface area contributed by atoms with Gasteiger partial charge in [0, 0.05) is 31.7 Å². The standard InChI is InChI=1S/C22H26N2O3/c1-16-5-4-6-19(14-16)27-15-21(25)23-9-11-24(12-10-23)22(26)20-8-7-17(2)13-18(20)3/h4-8,13-14H,9-12,15H2,1-3H3. The molecule has 0 bridgehead atoms. The number of aryl methyl sites for hydroxylation is 3. The van der Waals surface area contributed by atoms with E-state index in [2.05, 4.69) is 0 Å². The average molecular weight is 366 g/mol. The number of carbonyl (C=O) groups is 2. The van der Waals surface area contributed by atoms with Crippen LogP contribution < -0.4 is 4.74 Å². The van der Waals surface area contributed by atoms with Crippen molar-refractivity contribution in [2.45, 2.75) is 20.8 Å². The first-order valence-corrected chi connectivity index (χ1v) is 9.28. The van der Waals surface area contributed by atoms with Gasteiger partial charge in [-0.2, -0.15) is 0 Å². The van der Waals surface area contributed by atoms with Gasteiger partial charge in [-0.25, -0.2) is 0 Å². The van der Waals surface area contributed by atoms with E-state index >= 15 is 0 Å². The van der Waals surface area contributed by atoms with E-state index in [1.54, 1.807) is 4.90 Å². The lowest BCUT2D eigenvalue weighted by molar-refractivity contribution is -0.134. The number of hydrogen-bond donors (Lipinski definition) is 0. The summed E-state index contributed by atoms with van der Waals surface area (Å²) in [5.74, 6) is 0.692. The Morgan fingerprint density at radius 1 is 0.889 bits per heavy atom. The number of hydrogen-bond acceptors (Lipinski definition) is 3. The zero-order chi connectivity index (χ0) is 19.4. The maximum Gasteiger partial charge on any atom is 0.260 e. The summed E-state index contributed by atoms with van der Waals surface area (Å²) in [7, 11) is 0.